The molecule has 0 aliphatic heterocycles. The summed E-state index contributed by atoms with van der Waals surface area (Å²) in [6.07, 6.45) is 0.454. The molecule has 0 bridgehead atoms. The molecule has 1 rings (SSSR count). The van der Waals surface area contributed by atoms with Crippen LogP contribution in [-0.2, 0) is 16.1 Å². The molecule has 0 heterocycles. The number of benzene rings is 1. The Morgan fingerprint density at radius 3 is 2.89 bits per heavy atom. The molecule has 0 atom stereocenters. The molecule has 0 saturated heterocycles. The number of thioether (sulfide) groups is 1. The lowest BCUT2D eigenvalue weighted by atomic mass is 10.2. The summed E-state index contributed by atoms with van der Waals surface area (Å²) in [5, 5.41) is 3.39. The molecule has 0 amide bonds. The van der Waals surface area contributed by atoms with Crippen LogP contribution in [0.1, 0.15) is 25.8 Å². The molecule has 0 unspecified atom stereocenters. The average molecular weight is 267 g/mol. The van der Waals surface area contributed by atoms with E-state index >= 15 is 0 Å². The summed E-state index contributed by atoms with van der Waals surface area (Å²) in [7, 11) is 1.42. The highest BCUT2D eigenvalue weighted by Crippen LogP contribution is 2.20. The molecular formula is C14H21NO2S. The third kappa shape index (κ3) is 6.07. The number of hydrogen-bond donors (Lipinski definition) is 1. The number of ether oxygens (including phenoxy) is 1. The van der Waals surface area contributed by atoms with Crippen LogP contribution in [0.5, 0.6) is 0 Å². The molecule has 18 heavy (non-hydrogen) atoms. The van der Waals surface area contributed by atoms with E-state index in [1.54, 1.807) is 11.8 Å². The van der Waals surface area contributed by atoms with Crippen LogP contribution in [0.25, 0.3) is 0 Å². The van der Waals surface area contributed by atoms with Crippen LogP contribution in [0, 0.1) is 0 Å². The predicted molar refractivity (Wildman–Crippen MR) is 75.8 cm³/mol. The average Bonchev–Trinajstić information content (AvgIpc) is 2.36. The Morgan fingerprint density at radius 2 is 2.22 bits per heavy atom. The second-order valence-corrected chi connectivity index (χ2v) is 5.53. The van der Waals surface area contributed by atoms with Crippen LogP contribution < -0.4 is 5.32 Å². The fourth-order valence-electron chi connectivity index (χ4n) is 1.42. The molecule has 0 fully saturated rings. The van der Waals surface area contributed by atoms with Gasteiger partial charge in [0.25, 0.3) is 0 Å². The van der Waals surface area contributed by atoms with Gasteiger partial charge in [0.15, 0.2) is 0 Å². The lowest BCUT2D eigenvalue weighted by molar-refractivity contribution is -0.140. The third-order valence-electron chi connectivity index (χ3n) is 2.42. The van der Waals surface area contributed by atoms with Crippen molar-refractivity contribution < 1.29 is 9.53 Å². The largest absolute Gasteiger partial charge is 0.469 e. The summed E-state index contributed by atoms with van der Waals surface area (Å²) >= 11 is 1.68. The standard InChI is InChI=1S/C14H21NO2S/c1-11(2)15-10-12-5-4-6-13(9-12)18-8-7-14(16)17-3/h4-6,9,11,15H,7-8,10H2,1-3H3. The first-order valence-electron chi connectivity index (χ1n) is 6.13. The molecule has 0 spiro atoms. The number of nitrogens with one attached hydrogen (secondary N) is 1. The maximum atomic E-state index is 11.0. The zero-order valence-corrected chi connectivity index (χ0v) is 12.0. The van der Waals surface area contributed by atoms with E-state index < -0.39 is 0 Å². The van der Waals surface area contributed by atoms with Crippen LogP contribution in [0.3, 0.4) is 0 Å². The van der Waals surface area contributed by atoms with Crippen molar-refractivity contribution in [3.63, 3.8) is 0 Å². The number of hydrogen-bond acceptors (Lipinski definition) is 4. The van der Waals surface area contributed by atoms with Gasteiger partial charge in [-0.2, -0.15) is 0 Å². The maximum Gasteiger partial charge on any atom is 0.306 e. The van der Waals surface area contributed by atoms with Crippen LogP contribution >= 0.6 is 11.8 Å². The van der Waals surface area contributed by atoms with E-state index in [0.29, 0.717) is 12.5 Å². The smallest absolute Gasteiger partial charge is 0.306 e. The summed E-state index contributed by atoms with van der Waals surface area (Å²) in [4.78, 5) is 12.2. The second kappa shape index (κ2) is 8.16. The molecule has 1 aromatic carbocycles. The first-order chi connectivity index (χ1) is 8.61. The van der Waals surface area contributed by atoms with Crippen molar-refractivity contribution in [2.24, 2.45) is 0 Å². The Hall–Kier alpha value is -1.00. The van der Waals surface area contributed by atoms with Crippen molar-refractivity contribution in [1.82, 2.24) is 5.32 Å². The summed E-state index contributed by atoms with van der Waals surface area (Å²) < 4.78 is 4.61. The molecule has 4 heteroatoms. The summed E-state index contributed by atoms with van der Waals surface area (Å²) in [5.41, 5.74) is 1.27. The van der Waals surface area contributed by atoms with Gasteiger partial charge in [-0.05, 0) is 17.7 Å². The van der Waals surface area contributed by atoms with Gasteiger partial charge < -0.3 is 10.1 Å². The molecule has 0 radical (unpaired) electrons. The summed E-state index contributed by atoms with van der Waals surface area (Å²) in [5.74, 6) is 0.605. The minimum absolute atomic E-state index is 0.153. The quantitative estimate of drug-likeness (QED) is 0.609. The minimum Gasteiger partial charge on any atom is -0.469 e. The molecular weight excluding hydrogens is 246 g/mol. The number of rotatable bonds is 7. The Morgan fingerprint density at radius 1 is 1.44 bits per heavy atom. The van der Waals surface area contributed by atoms with Gasteiger partial charge in [-0.25, -0.2) is 0 Å². The number of carbonyl (C=O) groups excluding carboxylic acids is 1. The summed E-state index contributed by atoms with van der Waals surface area (Å²) in [6.45, 7) is 5.15. The van der Waals surface area contributed by atoms with Gasteiger partial charge >= 0.3 is 5.97 Å². The SMILES string of the molecule is COC(=O)CCSc1cccc(CNC(C)C)c1. The predicted octanol–water partition coefficient (Wildman–Crippen LogP) is 2.84. The third-order valence-corrected chi connectivity index (χ3v) is 3.41. The molecule has 0 saturated carbocycles. The van der Waals surface area contributed by atoms with Crippen molar-refractivity contribution in [3.8, 4) is 0 Å². The van der Waals surface area contributed by atoms with Gasteiger partial charge in [0.05, 0.1) is 13.5 Å². The lowest BCUT2D eigenvalue weighted by Gasteiger charge is -2.09. The summed E-state index contributed by atoms with van der Waals surface area (Å²) in [6, 6.07) is 8.89. The van der Waals surface area contributed by atoms with E-state index in [4.69, 9.17) is 0 Å². The topological polar surface area (TPSA) is 38.3 Å². The Bertz CT molecular complexity index is 380. The van der Waals surface area contributed by atoms with E-state index in [0.717, 1.165) is 12.3 Å². The number of esters is 1. The van der Waals surface area contributed by atoms with Gasteiger partial charge in [-0.3, -0.25) is 4.79 Å². The van der Waals surface area contributed by atoms with E-state index in [9.17, 15) is 4.79 Å². The molecule has 0 aliphatic carbocycles. The van der Waals surface area contributed by atoms with E-state index in [1.807, 2.05) is 0 Å². The van der Waals surface area contributed by atoms with Gasteiger partial charge in [-0.1, -0.05) is 26.0 Å². The highest BCUT2D eigenvalue weighted by Gasteiger charge is 2.02. The van der Waals surface area contributed by atoms with Crippen molar-refractivity contribution in [1.29, 1.82) is 0 Å². The highest BCUT2D eigenvalue weighted by atomic mass is 32.2. The molecule has 0 aliphatic rings. The molecule has 1 N–H and O–H groups in total. The Labute approximate surface area is 113 Å². The van der Waals surface area contributed by atoms with Crippen molar-refractivity contribution in [3.05, 3.63) is 29.8 Å². The number of carbonyl (C=O) groups is 1. The zero-order valence-electron chi connectivity index (χ0n) is 11.2. The lowest BCUT2D eigenvalue weighted by Crippen LogP contribution is -2.21. The molecule has 1 aromatic rings. The van der Waals surface area contributed by atoms with Crippen molar-refractivity contribution in [2.45, 2.75) is 37.8 Å². The Kier molecular flexibility index (Phi) is 6.83. The monoisotopic (exact) mass is 267 g/mol. The van der Waals surface area contributed by atoms with E-state index in [2.05, 4.69) is 48.2 Å². The van der Waals surface area contributed by atoms with E-state index in [1.165, 1.54) is 17.6 Å². The van der Waals surface area contributed by atoms with Gasteiger partial charge in [0, 0.05) is 23.2 Å². The first-order valence-corrected chi connectivity index (χ1v) is 7.12. The van der Waals surface area contributed by atoms with Crippen LogP contribution in [-0.4, -0.2) is 24.9 Å². The fraction of sp³-hybridized carbons (Fsp3) is 0.500. The van der Waals surface area contributed by atoms with Gasteiger partial charge in [0.2, 0.25) is 0 Å². The van der Waals surface area contributed by atoms with Crippen molar-refractivity contribution in [2.75, 3.05) is 12.9 Å². The molecule has 0 aromatic heterocycles. The maximum absolute atomic E-state index is 11.0. The highest BCUT2D eigenvalue weighted by molar-refractivity contribution is 7.99. The molecule has 100 valence electrons. The Balaban J connectivity index is 2.41. The van der Waals surface area contributed by atoms with Crippen LogP contribution in [0.2, 0.25) is 0 Å². The minimum atomic E-state index is -0.153. The van der Waals surface area contributed by atoms with E-state index in [-0.39, 0.29) is 5.97 Å². The molecule has 3 nitrogen and oxygen atoms in total. The van der Waals surface area contributed by atoms with Crippen LogP contribution in [0.4, 0.5) is 0 Å². The van der Waals surface area contributed by atoms with Gasteiger partial charge in [0.1, 0.15) is 0 Å². The first kappa shape index (κ1) is 15.1. The zero-order chi connectivity index (χ0) is 13.4. The van der Waals surface area contributed by atoms with Crippen molar-refractivity contribution >= 4 is 17.7 Å². The fourth-order valence-corrected chi connectivity index (χ4v) is 2.34. The van der Waals surface area contributed by atoms with Crippen LogP contribution in [0.15, 0.2) is 29.2 Å². The van der Waals surface area contributed by atoms with Gasteiger partial charge in [-0.15, -0.1) is 11.8 Å². The normalized spacial score (nSPS) is 10.7. The number of methoxy groups -OCH3 is 1. The second-order valence-electron chi connectivity index (χ2n) is 4.36.